The van der Waals surface area contributed by atoms with Gasteiger partial charge in [-0.1, -0.05) is 12.1 Å². The van der Waals surface area contributed by atoms with Crippen molar-refractivity contribution in [1.82, 2.24) is 0 Å². The number of carboxylic acids is 1. The van der Waals surface area contributed by atoms with E-state index in [2.05, 4.69) is 0 Å². The SMILES string of the molecule is C[C@@H](O)[C@@H]1CCN(c2ccccc2C(=O)O)C1. The molecule has 0 aliphatic carbocycles. The molecule has 1 aromatic rings. The average Bonchev–Trinajstić information content (AvgIpc) is 2.78. The molecule has 0 amide bonds. The fourth-order valence-corrected chi connectivity index (χ4v) is 2.33. The third-order valence-electron chi connectivity index (χ3n) is 3.38. The average molecular weight is 235 g/mol. The summed E-state index contributed by atoms with van der Waals surface area (Å²) in [5.41, 5.74) is 1.09. The summed E-state index contributed by atoms with van der Waals surface area (Å²) in [4.78, 5) is 13.2. The maximum Gasteiger partial charge on any atom is 0.337 e. The highest BCUT2D eigenvalue weighted by atomic mass is 16.4. The Bertz CT molecular complexity index is 417. The van der Waals surface area contributed by atoms with Gasteiger partial charge in [-0.05, 0) is 25.5 Å². The van der Waals surface area contributed by atoms with E-state index in [1.165, 1.54) is 0 Å². The maximum absolute atomic E-state index is 11.1. The molecular formula is C13H17NO3. The van der Waals surface area contributed by atoms with E-state index in [0.29, 0.717) is 5.56 Å². The highest BCUT2D eigenvalue weighted by molar-refractivity contribution is 5.94. The van der Waals surface area contributed by atoms with Crippen molar-refractivity contribution in [3.05, 3.63) is 29.8 Å². The zero-order valence-electron chi connectivity index (χ0n) is 9.84. The Hall–Kier alpha value is -1.55. The number of para-hydroxylation sites is 1. The minimum atomic E-state index is -0.902. The molecular weight excluding hydrogens is 218 g/mol. The summed E-state index contributed by atoms with van der Waals surface area (Å²) in [7, 11) is 0. The maximum atomic E-state index is 11.1. The molecule has 4 nitrogen and oxygen atoms in total. The monoisotopic (exact) mass is 235 g/mol. The summed E-state index contributed by atoms with van der Waals surface area (Å²) in [5, 5.41) is 18.7. The second kappa shape index (κ2) is 4.75. The number of aliphatic hydroxyl groups excluding tert-OH is 1. The van der Waals surface area contributed by atoms with Crippen LogP contribution in [0.2, 0.25) is 0 Å². The van der Waals surface area contributed by atoms with Gasteiger partial charge in [0.1, 0.15) is 0 Å². The quantitative estimate of drug-likeness (QED) is 0.835. The van der Waals surface area contributed by atoms with Gasteiger partial charge < -0.3 is 15.1 Å². The molecule has 0 saturated carbocycles. The molecule has 0 spiro atoms. The van der Waals surface area contributed by atoms with Crippen LogP contribution in [0.15, 0.2) is 24.3 Å². The Morgan fingerprint density at radius 2 is 2.18 bits per heavy atom. The molecule has 2 atom stereocenters. The van der Waals surface area contributed by atoms with Gasteiger partial charge in [0.15, 0.2) is 0 Å². The lowest BCUT2D eigenvalue weighted by Crippen LogP contribution is -2.25. The molecule has 17 heavy (non-hydrogen) atoms. The second-order valence-corrected chi connectivity index (χ2v) is 4.56. The largest absolute Gasteiger partial charge is 0.478 e. The van der Waals surface area contributed by atoms with Crippen molar-refractivity contribution in [2.24, 2.45) is 5.92 Å². The number of anilines is 1. The van der Waals surface area contributed by atoms with Crippen molar-refractivity contribution >= 4 is 11.7 Å². The Labute approximate surface area is 100 Å². The Kier molecular flexibility index (Phi) is 3.33. The van der Waals surface area contributed by atoms with Crippen LogP contribution in [0, 0.1) is 5.92 Å². The smallest absolute Gasteiger partial charge is 0.337 e. The third kappa shape index (κ3) is 2.42. The van der Waals surface area contributed by atoms with Crippen molar-refractivity contribution in [3.8, 4) is 0 Å². The van der Waals surface area contributed by atoms with Crippen LogP contribution in [0.25, 0.3) is 0 Å². The van der Waals surface area contributed by atoms with Crippen LogP contribution >= 0.6 is 0 Å². The number of benzene rings is 1. The van der Waals surface area contributed by atoms with E-state index in [-0.39, 0.29) is 12.0 Å². The summed E-state index contributed by atoms with van der Waals surface area (Å²) in [6, 6.07) is 7.02. The van der Waals surface area contributed by atoms with Gasteiger partial charge in [-0.25, -0.2) is 4.79 Å². The van der Waals surface area contributed by atoms with Gasteiger partial charge in [-0.15, -0.1) is 0 Å². The molecule has 92 valence electrons. The molecule has 1 saturated heterocycles. The number of hydrogen-bond donors (Lipinski definition) is 2. The number of hydrogen-bond acceptors (Lipinski definition) is 3. The first-order valence-electron chi connectivity index (χ1n) is 5.85. The number of rotatable bonds is 3. The Balaban J connectivity index is 2.21. The Morgan fingerprint density at radius 3 is 2.76 bits per heavy atom. The molecule has 1 heterocycles. The summed E-state index contributed by atoms with van der Waals surface area (Å²) in [6.07, 6.45) is 0.572. The van der Waals surface area contributed by atoms with E-state index in [1.807, 2.05) is 17.0 Å². The first-order chi connectivity index (χ1) is 8.09. The van der Waals surface area contributed by atoms with E-state index in [0.717, 1.165) is 25.2 Å². The summed E-state index contributed by atoms with van der Waals surface area (Å²) in [5.74, 6) is -0.669. The molecule has 0 unspecified atom stereocenters. The first-order valence-corrected chi connectivity index (χ1v) is 5.85. The van der Waals surface area contributed by atoms with E-state index in [1.54, 1.807) is 19.1 Å². The highest BCUT2D eigenvalue weighted by Crippen LogP contribution is 2.28. The zero-order chi connectivity index (χ0) is 12.4. The van der Waals surface area contributed by atoms with Gasteiger partial charge in [0.05, 0.1) is 17.4 Å². The Morgan fingerprint density at radius 1 is 1.47 bits per heavy atom. The summed E-state index contributed by atoms with van der Waals surface area (Å²) in [6.45, 7) is 3.32. The molecule has 2 rings (SSSR count). The highest BCUT2D eigenvalue weighted by Gasteiger charge is 2.28. The number of nitrogens with zero attached hydrogens (tertiary/aromatic N) is 1. The van der Waals surface area contributed by atoms with E-state index >= 15 is 0 Å². The molecule has 2 N–H and O–H groups in total. The van der Waals surface area contributed by atoms with E-state index < -0.39 is 5.97 Å². The first kappa shape index (κ1) is 11.9. The fraction of sp³-hybridized carbons (Fsp3) is 0.462. The third-order valence-corrected chi connectivity index (χ3v) is 3.38. The van der Waals surface area contributed by atoms with Crippen LogP contribution in [-0.2, 0) is 0 Å². The minimum absolute atomic E-state index is 0.233. The molecule has 0 aromatic heterocycles. The van der Waals surface area contributed by atoms with Crippen LogP contribution in [0.3, 0.4) is 0 Å². The lowest BCUT2D eigenvalue weighted by Gasteiger charge is -2.21. The van der Waals surface area contributed by atoms with Crippen molar-refractivity contribution in [2.45, 2.75) is 19.4 Å². The molecule has 1 fully saturated rings. The number of carboxylic acid groups (broad SMARTS) is 1. The predicted molar refractivity (Wildman–Crippen MR) is 65.4 cm³/mol. The molecule has 1 aromatic carbocycles. The number of aliphatic hydroxyl groups is 1. The number of aromatic carboxylic acids is 1. The predicted octanol–water partition coefficient (Wildman–Crippen LogP) is 1.59. The van der Waals surface area contributed by atoms with Crippen molar-refractivity contribution in [2.75, 3.05) is 18.0 Å². The van der Waals surface area contributed by atoms with Gasteiger partial charge in [0, 0.05) is 19.0 Å². The normalized spacial score (nSPS) is 21.5. The van der Waals surface area contributed by atoms with Crippen LogP contribution in [0.4, 0.5) is 5.69 Å². The van der Waals surface area contributed by atoms with Gasteiger partial charge in [-0.2, -0.15) is 0 Å². The molecule has 0 bridgehead atoms. The summed E-state index contributed by atoms with van der Waals surface area (Å²) >= 11 is 0. The zero-order valence-corrected chi connectivity index (χ0v) is 9.84. The van der Waals surface area contributed by atoms with Crippen molar-refractivity contribution in [1.29, 1.82) is 0 Å². The molecule has 1 aliphatic rings. The minimum Gasteiger partial charge on any atom is -0.478 e. The van der Waals surface area contributed by atoms with E-state index in [9.17, 15) is 9.90 Å². The topological polar surface area (TPSA) is 60.8 Å². The van der Waals surface area contributed by atoms with Crippen LogP contribution in [0.5, 0.6) is 0 Å². The van der Waals surface area contributed by atoms with Crippen molar-refractivity contribution in [3.63, 3.8) is 0 Å². The van der Waals surface area contributed by atoms with Crippen LogP contribution < -0.4 is 4.90 Å². The van der Waals surface area contributed by atoms with Crippen LogP contribution in [-0.4, -0.2) is 35.4 Å². The van der Waals surface area contributed by atoms with E-state index in [4.69, 9.17) is 5.11 Å². The fourth-order valence-electron chi connectivity index (χ4n) is 2.33. The molecule has 0 radical (unpaired) electrons. The lowest BCUT2D eigenvalue weighted by atomic mass is 10.0. The summed E-state index contributed by atoms with van der Waals surface area (Å²) < 4.78 is 0. The van der Waals surface area contributed by atoms with Gasteiger partial charge in [0.2, 0.25) is 0 Å². The lowest BCUT2D eigenvalue weighted by molar-refractivity contribution is 0.0697. The second-order valence-electron chi connectivity index (χ2n) is 4.56. The van der Waals surface area contributed by atoms with Gasteiger partial charge in [0.25, 0.3) is 0 Å². The van der Waals surface area contributed by atoms with Gasteiger partial charge >= 0.3 is 5.97 Å². The van der Waals surface area contributed by atoms with Crippen molar-refractivity contribution < 1.29 is 15.0 Å². The van der Waals surface area contributed by atoms with Gasteiger partial charge in [-0.3, -0.25) is 0 Å². The molecule has 4 heteroatoms. The number of carbonyl (C=O) groups is 1. The van der Waals surface area contributed by atoms with Crippen LogP contribution in [0.1, 0.15) is 23.7 Å². The standard InChI is InChI=1S/C13H17NO3/c1-9(15)10-6-7-14(8-10)12-5-3-2-4-11(12)13(16)17/h2-5,9-10,15H,6-8H2,1H3,(H,16,17)/t9-,10-/m1/s1. The molecule has 1 aliphatic heterocycles.